The molecule has 57 heavy (non-hydrogen) atoms. The molecular formula is C48H30N6O3. The van der Waals surface area contributed by atoms with Crippen molar-refractivity contribution in [2.75, 3.05) is 0 Å². The van der Waals surface area contributed by atoms with Crippen LogP contribution in [-0.2, 0) is 0 Å². The first-order valence-electron chi connectivity index (χ1n) is 18.3. The summed E-state index contributed by atoms with van der Waals surface area (Å²) in [5.74, 6) is 1.95. The van der Waals surface area contributed by atoms with Gasteiger partial charge in [-0.2, -0.15) is 0 Å². The molecule has 0 unspecified atom stereocenters. The van der Waals surface area contributed by atoms with Crippen LogP contribution in [0.5, 0.6) is 17.2 Å². The molecule has 9 nitrogen and oxygen atoms in total. The molecule has 0 saturated carbocycles. The molecule has 0 spiro atoms. The fourth-order valence-electron chi connectivity index (χ4n) is 7.39. The molecule has 9 heteroatoms. The maximum Gasteiger partial charge on any atom is 0.164 e. The second-order valence-electron chi connectivity index (χ2n) is 13.6. The molecule has 3 N–H and O–H groups in total. The maximum absolute atomic E-state index is 10.4. The van der Waals surface area contributed by atoms with Crippen LogP contribution in [0.4, 0.5) is 0 Å². The van der Waals surface area contributed by atoms with E-state index < -0.39 is 0 Å². The van der Waals surface area contributed by atoms with Crippen LogP contribution in [-0.4, -0.2) is 45.2 Å². The quantitative estimate of drug-likeness (QED) is 0.152. The van der Waals surface area contributed by atoms with Crippen molar-refractivity contribution in [2.24, 2.45) is 0 Å². The van der Waals surface area contributed by atoms with E-state index in [4.69, 9.17) is 15.0 Å². The van der Waals surface area contributed by atoms with Gasteiger partial charge in [0, 0.05) is 51.4 Å². The van der Waals surface area contributed by atoms with Crippen molar-refractivity contribution in [1.29, 1.82) is 0 Å². The Hall–Kier alpha value is -8.04. The number of pyridine rings is 3. The first kappa shape index (κ1) is 33.5. The van der Waals surface area contributed by atoms with Crippen LogP contribution in [0.25, 0.3) is 100 Å². The molecule has 0 aliphatic heterocycles. The van der Waals surface area contributed by atoms with Crippen molar-refractivity contribution in [2.45, 2.75) is 0 Å². The standard InChI is InChI=1S/C48H30N6O3/c55-40-22-19-34(37-4-1-25-49-43(37)40)28-7-13-31(14-8-28)46-52-47(32-15-9-29(10-16-32)35-20-23-41(56)44-38(35)5-2-26-50-44)54-48(53-46)33-17-11-30(12-18-33)36-21-24-42(57)45-39(36)6-3-27-51-45/h1-27,55-57H. The number of fused-ring (bicyclic) bond motifs is 3. The van der Waals surface area contributed by atoms with E-state index in [9.17, 15) is 15.3 Å². The van der Waals surface area contributed by atoms with Crippen LogP contribution < -0.4 is 0 Å². The first-order valence-corrected chi connectivity index (χ1v) is 18.3. The Bertz CT molecular complexity index is 2800. The largest absolute Gasteiger partial charge is 0.506 e. The van der Waals surface area contributed by atoms with Crippen LogP contribution in [0, 0.1) is 0 Å². The Kier molecular flexibility index (Phi) is 8.04. The van der Waals surface area contributed by atoms with Gasteiger partial charge in [0.1, 0.15) is 33.8 Å². The summed E-state index contributed by atoms with van der Waals surface area (Å²) in [6.07, 6.45) is 5.02. The number of aromatic nitrogens is 6. The number of phenols is 3. The highest BCUT2D eigenvalue weighted by atomic mass is 16.3. The van der Waals surface area contributed by atoms with Crippen molar-refractivity contribution in [3.63, 3.8) is 0 Å². The molecular weight excluding hydrogens is 709 g/mol. The lowest BCUT2D eigenvalue weighted by Crippen LogP contribution is -2.00. The van der Waals surface area contributed by atoms with Gasteiger partial charge in [0.15, 0.2) is 17.5 Å². The minimum absolute atomic E-state index is 0.138. The Morgan fingerprint density at radius 2 is 0.544 bits per heavy atom. The van der Waals surface area contributed by atoms with Crippen LogP contribution in [0.2, 0.25) is 0 Å². The summed E-state index contributed by atoms with van der Waals surface area (Å²) < 4.78 is 0. The molecule has 0 aliphatic carbocycles. The molecule has 0 radical (unpaired) electrons. The van der Waals surface area contributed by atoms with Gasteiger partial charge in [-0.25, -0.2) is 15.0 Å². The Labute approximate surface area is 326 Å². The second kappa shape index (κ2) is 13.7. The third kappa shape index (κ3) is 6.00. The third-order valence-corrected chi connectivity index (χ3v) is 10.2. The number of aromatic hydroxyl groups is 3. The minimum atomic E-state index is 0.138. The second-order valence-corrected chi connectivity index (χ2v) is 13.6. The SMILES string of the molecule is Oc1ccc(-c2ccc(-c3nc(-c4ccc(-c5ccc(O)c6ncccc56)cc4)nc(-c4ccc(-c5ccc(O)c6ncccc56)cc4)n3)cc2)c2cccnc12. The van der Waals surface area contributed by atoms with Crippen LogP contribution in [0.1, 0.15) is 0 Å². The fourth-order valence-corrected chi connectivity index (χ4v) is 7.39. The predicted molar refractivity (Wildman–Crippen MR) is 223 cm³/mol. The highest BCUT2D eigenvalue weighted by Crippen LogP contribution is 2.37. The zero-order valence-electron chi connectivity index (χ0n) is 30.1. The van der Waals surface area contributed by atoms with E-state index >= 15 is 0 Å². The minimum Gasteiger partial charge on any atom is -0.506 e. The first-order chi connectivity index (χ1) is 28.0. The Morgan fingerprint density at radius 1 is 0.281 bits per heavy atom. The average Bonchev–Trinajstić information content (AvgIpc) is 3.27. The smallest absolute Gasteiger partial charge is 0.164 e. The lowest BCUT2D eigenvalue weighted by Gasteiger charge is -2.12. The summed E-state index contributed by atoms with van der Waals surface area (Å²) in [4.78, 5) is 28.1. The summed E-state index contributed by atoms with van der Waals surface area (Å²) >= 11 is 0. The van der Waals surface area contributed by atoms with E-state index in [1.54, 1.807) is 36.8 Å². The Balaban J connectivity index is 1.06. The normalized spacial score (nSPS) is 11.4. The predicted octanol–water partition coefficient (Wildman–Crippen LogP) is 10.6. The van der Waals surface area contributed by atoms with E-state index in [2.05, 4.69) is 15.0 Å². The van der Waals surface area contributed by atoms with Gasteiger partial charge in [0.25, 0.3) is 0 Å². The number of hydrogen-bond acceptors (Lipinski definition) is 9. The molecule has 0 atom stereocenters. The Morgan fingerprint density at radius 3 is 0.825 bits per heavy atom. The lowest BCUT2D eigenvalue weighted by atomic mass is 9.98. The van der Waals surface area contributed by atoms with Gasteiger partial charge in [-0.1, -0.05) is 91.0 Å². The lowest BCUT2D eigenvalue weighted by molar-refractivity contribution is 0.480. The van der Waals surface area contributed by atoms with Gasteiger partial charge in [0.05, 0.1) is 0 Å². The van der Waals surface area contributed by atoms with Gasteiger partial charge < -0.3 is 15.3 Å². The maximum atomic E-state index is 10.4. The number of benzene rings is 6. The molecule has 10 rings (SSSR count). The van der Waals surface area contributed by atoms with E-state index in [1.165, 1.54) is 0 Å². The van der Waals surface area contributed by atoms with E-state index in [1.807, 2.05) is 127 Å². The van der Waals surface area contributed by atoms with Crippen molar-refractivity contribution in [3.8, 4) is 84.8 Å². The molecule has 0 fully saturated rings. The molecule has 0 saturated heterocycles. The topological polar surface area (TPSA) is 138 Å². The van der Waals surface area contributed by atoms with Crippen molar-refractivity contribution in [3.05, 3.63) is 164 Å². The summed E-state index contributed by atoms with van der Waals surface area (Å²) in [5, 5.41) is 33.8. The highest BCUT2D eigenvalue weighted by Gasteiger charge is 2.16. The van der Waals surface area contributed by atoms with Crippen molar-refractivity contribution >= 4 is 32.7 Å². The van der Waals surface area contributed by atoms with Crippen molar-refractivity contribution in [1.82, 2.24) is 29.9 Å². The van der Waals surface area contributed by atoms with Crippen LogP contribution >= 0.6 is 0 Å². The number of nitrogens with zero attached hydrogens (tertiary/aromatic N) is 6. The van der Waals surface area contributed by atoms with Gasteiger partial charge in [0.2, 0.25) is 0 Å². The van der Waals surface area contributed by atoms with E-state index in [0.717, 1.165) is 66.2 Å². The summed E-state index contributed by atoms with van der Waals surface area (Å²) in [5.41, 5.74) is 9.83. The summed E-state index contributed by atoms with van der Waals surface area (Å²) in [6, 6.07) is 46.2. The zero-order chi connectivity index (χ0) is 38.5. The molecule has 0 aliphatic rings. The number of hydrogen-bond donors (Lipinski definition) is 3. The average molecular weight is 739 g/mol. The van der Waals surface area contributed by atoms with Gasteiger partial charge in [-0.05, 0) is 88.0 Å². The van der Waals surface area contributed by atoms with Gasteiger partial charge >= 0.3 is 0 Å². The highest BCUT2D eigenvalue weighted by molar-refractivity contribution is 6.00. The monoisotopic (exact) mass is 738 g/mol. The summed E-state index contributed by atoms with van der Waals surface area (Å²) in [6.45, 7) is 0. The molecule has 4 heterocycles. The van der Waals surface area contributed by atoms with Gasteiger partial charge in [-0.15, -0.1) is 0 Å². The molecule has 0 bridgehead atoms. The van der Waals surface area contributed by atoms with E-state index in [-0.39, 0.29) is 17.2 Å². The molecule has 0 amide bonds. The molecule has 4 aromatic heterocycles. The third-order valence-electron chi connectivity index (χ3n) is 10.2. The zero-order valence-corrected chi connectivity index (χ0v) is 30.1. The summed E-state index contributed by atoms with van der Waals surface area (Å²) in [7, 11) is 0. The van der Waals surface area contributed by atoms with E-state index in [0.29, 0.717) is 34.0 Å². The number of phenolic OH excluding ortho intramolecular Hbond substituents is 3. The van der Waals surface area contributed by atoms with Crippen LogP contribution in [0.3, 0.4) is 0 Å². The van der Waals surface area contributed by atoms with Crippen molar-refractivity contribution < 1.29 is 15.3 Å². The molecule has 6 aromatic carbocycles. The number of rotatable bonds is 6. The van der Waals surface area contributed by atoms with Crippen LogP contribution in [0.15, 0.2) is 164 Å². The van der Waals surface area contributed by atoms with Gasteiger partial charge in [-0.3, -0.25) is 15.0 Å². The fraction of sp³-hybridized carbons (Fsp3) is 0. The molecule has 10 aromatic rings. The molecule has 270 valence electrons.